The number of ether oxygens (including phenoxy) is 1. The zero-order valence-corrected chi connectivity index (χ0v) is 7.76. The van der Waals surface area contributed by atoms with Gasteiger partial charge in [-0.2, -0.15) is 5.26 Å². The summed E-state index contributed by atoms with van der Waals surface area (Å²) in [7, 11) is 0. The molecule has 68 valence electrons. The van der Waals surface area contributed by atoms with E-state index in [4.69, 9.17) is 10.00 Å². The summed E-state index contributed by atoms with van der Waals surface area (Å²) in [5.41, 5.74) is -0.197. The molecule has 1 fully saturated rings. The standard InChI is InChI=1S/C9H16N2O/c1-9(2,7-10)3-4-11-8-5-12-6-8/h8,11H,3-6H2,1-2H3. The summed E-state index contributed by atoms with van der Waals surface area (Å²) in [6.45, 7) is 6.49. The fourth-order valence-corrected chi connectivity index (χ4v) is 0.998. The quantitative estimate of drug-likeness (QED) is 0.678. The van der Waals surface area contributed by atoms with Crippen LogP contribution in [0.1, 0.15) is 20.3 Å². The van der Waals surface area contributed by atoms with Crippen molar-refractivity contribution in [3.05, 3.63) is 0 Å². The average molecular weight is 168 g/mol. The minimum Gasteiger partial charge on any atom is -0.378 e. The molecule has 0 unspecified atom stereocenters. The molecular formula is C9H16N2O. The van der Waals surface area contributed by atoms with Crippen LogP contribution in [0.3, 0.4) is 0 Å². The molecule has 1 rings (SSSR count). The molecule has 12 heavy (non-hydrogen) atoms. The van der Waals surface area contributed by atoms with E-state index in [1.807, 2.05) is 13.8 Å². The molecule has 3 nitrogen and oxygen atoms in total. The van der Waals surface area contributed by atoms with Crippen molar-refractivity contribution < 1.29 is 4.74 Å². The Morgan fingerprint density at radius 2 is 2.25 bits per heavy atom. The van der Waals surface area contributed by atoms with Gasteiger partial charge in [0.15, 0.2) is 0 Å². The summed E-state index contributed by atoms with van der Waals surface area (Å²) >= 11 is 0. The first-order valence-corrected chi connectivity index (χ1v) is 4.36. The van der Waals surface area contributed by atoms with E-state index in [1.54, 1.807) is 0 Å². The fourth-order valence-electron chi connectivity index (χ4n) is 0.998. The lowest BCUT2D eigenvalue weighted by atomic mass is 9.91. The molecule has 0 spiro atoms. The predicted octanol–water partition coefficient (Wildman–Crippen LogP) is 0.915. The van der Waals surface area contributed by atoms with Crippen LogP contribution in [-0.4, -0.2) is 25.8 Å². The summed E-state index contributed by atoms with van der Waals surface area (Å²) in [5.74, 6) is 0. The highest BCUT2D eigenvalue weighted by Crippen LogP contribution is 2.17. The molecule has 0 atom stereocenters. The van der Waals surface area contributed by atoms with Crippen LogP contribution in [0, 0.1) is 16.7 Å². The molecule has 1 aliphatic rings. The van der Waals surface area contributed by atoms with Crippen molar-refractivity contribution in [2.24, 2.45) is 5.41 Å². The molecule has 0 aromatic carbocycles. The lowest BCUT2D eigenvalue weighted by Crippen LogP contribution is -2.46. The van der Waals surface area contributed by atoms with Gasteiger partial charge in [0.05, 0.1) is 30.7 Å². The molecule has 0 aromatic heterocycles. The van der Waals surface area contributed by atoms with E-state index in [0.717, 1.165) is 26.2 Å². The third-order valence-corrected chi connectivity index (χ3v) is 2.12. The maximum atomic E-state index is 8.73. The summed E-state index contributed by atoms with van der Waals surface area (Å²) < 4.78 is 5.02. The van der Waals surface area contributed by atoms with E-state index in [1.165, 1.54) is 0 Å². The summed E-state index contributed by atoms with van der Waals surface area (Å²) in [6, 6.07) is 2.81. The van der Waals surface area contributed by atoms with Crippen molar-refractivity contribution in [3.8, 4) is 6.07 Å². The second-order valence-electron chi connectivity index (χ2n) is 3.93. The topological polar surface area (TPSA) is 45.0 Å². The Labute approximate surface area is 73.7 Å². The van der Waals surface area contributed by atoms with Crippen molar-refractivity contribution in [1.29, 1.82) is 5.26 Å². The number of nitriles is 1. The molecule has 3 heteroatoms. The molecular weight excluding hydrogens is 152 g/mol. The SMILES string of the molecule is CC(C)(C#N)CCNC1COC1. The first kappa shape index (κ1) is 9.50. The highest BCUT2D eigenvalue weighted by molar-refractivity contribution is 4.92. The van der Waals surface area contributed by atoms with Crippen LogP contribution in [0.4, 0.5) is 0 Å². The lowest BCUT2D eigenvalue weighted by molar-refractivity contribution is -0.00554. The highest BCUT2D eigenvalue weighted by atomic mass is 16.5. The van der Waals surface area contributed by atoms with E-state index in [0.29, 0.717) is 6.04 Å². The molecule has 0 saturated carbocycles. The Morgan fingerprint density at radius 1 is 1.58 bits per heavy atom. The zero-order valence-electron chi connectivity index (χ0n) is 7.76. The van der Waals surface area contributed by atoms with Crippen LogP contribution in [0.5, 0.6) is 0 Å². The minimum absolute atomic E-state index is 0.197. The molecule has 0 aliphatic carbocycles. The molecule has 0 amide bonds. The van der Waals surface area contributed by atoms with E-state index >= 15 is 0 Å². The van der Waals surface area contributed by atoms with Gasteiger partial charge in [-0.15, -0.1) is 0 Å². The van der Waals surface area contributed by atoms with Gasteiger partial charge in [0.2, 0.25) is 0 Å². The maximum Gasteiger partial charge on any atom is 0.0684 e. The Kier molecular flexibility index (Phi) is 3.07. The van der Waals surface area contributed by atoms with E-state index in [9.17, 15) is 0 Å². The number of nitrogens with zero attached hydrogens (tertiary/aromatic N) is 1. The third-order valence-electron chi connectivity index (χ3n) is 2.12. The van der Waals surface area contributed by atoms with E-state index < -0.39 is 0 Å². The van der Waals surface area contributed by atoms with Gasteiger partial charge < -0.3 is 10.1 Å². The largest absolute Gasteiger partial charge is 0.378 e. The second-order valence-corrected chi connectivity index (χ2v) is 3.93. The minimum atomic E-state index is -0.197. The number of hydrogen-bond acceptors (Lipinski definition) is 3. The smallest absolute Gasteiger partial charge is 0.0684 e. The van der Waals surface area contributed by atoms with Crippen molar-refractivity contribution in [1.82, 2.24) is 5.32 Å². The lowest BCUT2D eigenvalue weighted by Gasteiger charge is -2.28. The van der Waals surface area contributed by atoms with Gasteiger partial charge in [-0.25, -0.2) is 0 Å². The van der Waals surface area contributed by atoms with E-state index in [-0.39, 0.29) is 5.41 Å². The van der Waals surface area contributed by atoms with Crippen molar-refractivity contribution in [2.75, 3.05) is 19.8 Å². The second kappa shape index (κ2) is 3.88. The van der Waals surface area contributed by atoms with Crippen molar-refractivity contribution in [3.63, 3.8) is 0 Å². The zero-order chi connectivity index (χ0) is 9.03. The van der Waals surface area contributed by atoms with Crippen LogP contribution in [0.2, 0.25) is 0 Å². The predicted molar refractivity (Wildman–Crippen MR) is 46.6 cm³/mol. The van der Waals surface area contributed by atoms with Crippen LogP contribution < -0.4 is 5.32 Å². The van der Waals surface area contributed by atoms with Gasteiger partial charge >= 0.3 is 0 Å². The normalized spacial score (nSPS) is 18.4. The molecule has 1 N–H and O–H groups in total. The van der Waals surface area contributed by atoms with Gasteiger partial charge in [0.25, 0.3) is 0 Å². The first-order chi connectivity index (χ1) is 5.64. The molecule has 1 heterocycles. The Balaban J connectivity index is 2.05. The van der Waals surface area contributed by atoms with Gasteiger partial charge in [0, 0.05) is 0 Å². The van der Waals surface area contributed by atoms with Gasteiger partial charge in [-0.1, -0.05) is 0 Å². The molecule has 0 aromatic rings. The fraction of sp³-hybridized carbons (Fsp3) is 0.889. The summed E-state index contributed by atoms with van der Waals surface area (Å²) in [4.78, 5) is 0. The van der Waals surface area contributed by atoms with Crippen LogP contribution in [0.15, 0.2) is 0 Å². The van der Waals surface area contributed by atoms with E-state index in [2.05, 4.69) is 11.4 Å². The number of rotatable bonds is 4. The Hall–Kier alpha value is -0.590. The third kappa shape index (κ3) is 2.80. The van der Waals surface area contributed by atoms with Crippen molar-refractivity contribution in [2.45, 2.75) is 26.3 Å². The Morgan fingerprint density at radius 3 is 2.67 bits per heavy atom. The van der Waals surface area contributed by atoms with Gasteiger partial charge in [0.1, 0.15) is 0 Å². The number of nitrogens with one attached hydrogen (secondary N) is 1. The summed E-state index contributed by atoms with van der Waals surface area (Å²) in [6.07, 6.45) is 0.903. The first-order valence-electron chi connectivity index (χ1n) is 4.36. The summed E-state index contributed by atoms with van der Waals surface area (Å²) in [5, 5.41) is 12.1. The van der Waals surface area contributed by atoms with Gasteiger partial charge in [-0.05, 0) is 26.8 Å². The molecule has 0 bridgehead atoms. The maximum absolute atomic E-state index is 8.73. The molecule has 1 saturated heterocycles. The monoisotopic (exact) mass is 168 g/mol. The van der Waals surface area contributed by atoms with Crippen molar-refractivity contribution >= 4 is 0 Å². The number of hydrogen-bond donors (Lipinski definition) is 1. The molecule has 1 aliphatic heterocycles. The highest BCUT2D eigenvalue weighted by Gasteiger charge is 2.20. The van der Waals surface area contributed by atoms with Gasteiger partial charge in [-0.3, -0.25) is 0 Å². The average Bonchev–Trinajstić information content (AvgIpc) is 1.95. The van der Waals surface area contributed by atoms with Crippen LogP contribution in [-0.2, 0) is 4.74 Å². The Bertz CT molecular complexity index is 179. The van der Waals surface area contributed by atoms with Crippen LogP contribution >= 0.6 is 0 Å². The molecule has 0 radical (unpaired) electrons. The van der Waals surface area contributed by atoms with Crippen LogP contribution in [0.25, 0.3) is 0 Å².